The number of rotatable bonds is 6. The summed E-state index contributed by atoms with van der Waals surface area (Å²) in [6, 6.07) is 6.32. The summed E-state index contributed by atoms with van der Waals surface area (Å²) in [5, 5.41) is 0. The van der Waals surface area contributed by atoms with Crippen LogP contribution < -0.4 is 0 Å². The summed E-state index contributed by atoms with van der Waals surface area (Å²) in [5.41, 5.74) is 2.57. The van der Waals surface area contributed by atoms with E-state index in [1.165, 1.54) is 28.9 Å². The zero-order chi connectivity index (χ0) is 16.0. The minimum Gasteiger partial charge on any atom is -0.370 e. The van der Waals surface area contributed by atoms with Crippen LogP contribution in [0.2, 0.25) is 0 Å². The van der Waals surface area contributed by atoms with E-state index in [1.807, 2.05) is 6.07 Å². The van der Waals surface area contributed by atoms with Crippen LogP contribution in [0.15, 0.2) is 23.1 Å². The normalized spacial score (nSPS) is 11.3. The molecule has 0 heterocycles. The van der Waals surface area contributed by atoms with Crippen LogP contribution in [0.3, 0.4) is 0 Å². The third-order valence-corrected chi connectivity index (χ3v) is 4.35. The van der Waals surface area contributed by atoms with Crippen molar-refractivity contribution in [1.82, 2.24) is 4.90 Å². The Morgan fingerprint density at radius 1 is 1.33 bits per heavy atom. The van der Waals surface area contributed by atoms with Crippen molar-refractivity contribution in [3.63, 3.8) is 0 Å². The lowest BCUT2D eigenvalue weighted by Crippen LogP contribution is -2.21. The van der Waals surface area contributed by atoms with E-state index in [9.17, 15) is 4.79 Å². The lowest BCUT2D eigenvalue weighted by molar-refractivity contribution is 0.180. The first-order valence-electron chi connectivity index (χ1n) is 7.45. The van der Waals surface area contributed by atoms with Crippen LogP contribution >= 0.6 is 12.0 Å². The quantitative estimate of drug-likeness (QED) is 0.679. The fourth-order valence-corrected chi connectivity index (χ4v) is 3.01. The van der Waals surface area contributed by atoms with Gasteiger partial charge in [0, 0.05) is 14.1 Å². The van der Waals surface area contributed by atoms with E-state index in [-0.39, 0.29) is 11.5 Å². The number of carbonyl (C=O) groups excluding carboxylic acids is 1. The Balaban J connectivity index is 2.96. The standard InChI is InChI=1S/C17H27NO2S/c1-7-8-11-17(3,4)14-12-13(2)9-10-15(14)21-20-16(19)18(5)6/h9-10,12H,7-8,11H2,1-6H3. The van der Waals surface area contributed by atoms with E-state index >= 15 is 0 Å². The predicted octanol–water partition coefficient (Wildman–Crippen LogP) is 5.17. The maximum Gasteiger partial charge on any atom is 0.421 e. The van der Waals surface area contributed by atoms with Crippen LogP contribution in [-0.4, -0.2) is 25.1 Å². The van der Waals surface area contributed by atoms with Gasteiger partial charge in [-0.05, 0) is 30.4 Å². The molecule has 0 N–H and O–H groups in total. The van der Waals surface area contributed by atoms with Crippen molar-refractivity contribution in [3.8, 4) is 0 Å². The fraction of sp³-hybridized carbons (Fsp3) is 0.588. The number of carbonyl (C=O) groups is 1. The molecule has 3 nitrogen and oxygen atoms in total. The Bertz CT molecular complexity index is 484. The molecule has 4 heteroatoms. The van der Waals surface area contributed by atoms with Gasteiger partial charge in [0.1, 0.15) is 0 Å². The van der Waals surface area contributed by atoms with Crippen LogP contribution in [0.5, 0.6) is 0 Å². The molecular formula is C17H27NO2S. The van der Waals surface area contributed by atoms with Gasteiger partial charge in [-0.1, -0.05) is 51.3 Å². The molecule has 1 aromatic rings. The van der Waals surface area contributed by atoms with Crippen molar-refractivity contribution in [2.45, 2.75) is 57.3 Å². The minimum atomic E-state index is -0.335. The van der Waals surface area contributed by atoms with E-state index < -0.39 is 0 Å². The number of amides is 1. The van der Waals surface area contributed by atoms with Gasteiger partial charge in [0.15, 0.2) is 0 Å². The lowest BCUT2D eigenvalue weighted by atomic mass is 9.79. The zero-order valence-electron chi connectivity index (χ0n) is 14.0. The Morgan fingerprint density at radius 3 is 2.57 bits per heavy atom. The Morgan fingerprint density at radius 2 is 2.00 bits per heavy atom. The average Bonchev–Trinajstić information content (AvgIpc) is 2.43. The molecule has 0 aromatic heterocycles. The van der Waals surface area contributed by atoms with Gasteiger partial charge in [-0.25, -0.2) is 4.79 Å². The number of aryl methyl sites for hydroxylation is 1. The molecule has 0 radical (unpaired) electrons. The molecule has 0 saturated carbocycles. The van der Waals surface area contributed by atoms with Gasteiger partial charge in [-0.3, -0.25) is 0 Å². The summed E-state index contributed by atoms with van der Waals surface area (Å²) >= 11 is 1.16. The Labute approximate surface area is 133 Å². The summed E-state index contributed by atoms with van der Waals surface area (Å²) in [4.78, 5) is 14.1. The number of unbranched alkanes of at least 4 members (excludes halogenated alkanes) is 1. The fourth-order valence-electron chi connectivity index (χ4n) is 2.15. The van der Waals surface area contributed by atoms with Gasteiger partial charge >= 0.3 is 6.09 Å². The first-order valence-corrected chi connectivity index (χ1v) is 8.19. The number of benzene rings is 1. The number of nitrogens with zero attached hydrogens (tertiary/aromatic N) is 1. The van der Waals surface area contributed by atoms with Crippen LogP contribution in [0.4, 0.5) is 4.79 Å². The Hall–Kier alpha value is -1.16. The highest BCUT2D eigenvalue weighted by Crippen LogP contribution is 2.37. The van der Waals surface area contributed by atoms with Crippen LogP contribution in [0.25, 0.3) is 0 Å². The molecule has 21 heavy (non-hydrogen) atoms. The highest BCUT2D eigenvalue weighted by atomic mass is 32.2. The van der Waals surface area contributed by atoms with Crippen molar-refractivity contribution in [3.05, 3.63) is 29.3 Å². The van der Waals surface area contributed by atoms with Gasteiger partial charge in [0.25, 0.3) is 0 Å². The lowest BCUT2D eigenvalue weighted by Gasteiger charge is -2.27. The molecule has 1 aromatic carbocycles. The minimum absolute atomic E-state index is 0.0783. The van der Waals surface area contributed by atoms with Gasteiger partial charge in [0.2, 0.25) is 0 Å². The monoisotopic (exact) mass is 309 g/mol. The predicted molar refractivity (Wildman–Crippen MR) is 89.8 cm³/mol. The third kappa shape index (κ3) is 5.27. The maximum atomic E-state index is 11.6. The second-order valence-corrected chi connectivity index (χ2v) is 7.09. The van der Waals surface area contributed by atoms with Gasteiger partial charge in [-0.2, -0.15) is 0 Å². The van der Waals surface area contributed by atoms with E-state index in [1.54, 1.807) is 14.1 Å². The van der Waals surface area contributed by atoms with Gasteiger partial charge in [0.05, 0.1) is 16.9 Å². The molecule has 1 rings (SSSR count). The highest BCUT2D eigenvalue weighted by Gasteiger charge is 2.24. The zero-order valence-corrected chi connectivity index (χ0v) is 14.8. The van der Waals surface area contributed by atoms with E-state index in [2.05, 4.69) is 39.8 Å². The molecule has 0 aliphatic rings. The molecular weight excluding hydrogens is 282 g/mol. The third-order valence-electron chi connectivity index (χ3n) is 3.59. The topological polar surface area (TPSA) is 29.5 Å². The molecule has 118 valence electrons. The second kappa shape index (κ2) is 7.74. The molecule has 0 aliphatic heterocycles. The smallest absolute Gasteiger partial charge is 0.370 e. The first-order chi connectivity index (χ1) is 9.77. The molecule has 0 unspecified atom stereocenters. The van der Waals surface area contributed by atoms with Crippen LogP contribution in [0.1, 0.15) is 51.2 Å². The average molecular weight is 309 g/mol. The summed E-state index contributed by atoms with van der Waals surface area (Å²) in [6.45, 7) is 8.82. The number of hydrogen-bond donors (Lipinski definition) is 0. The van der Waals surface area contributed by atoms with Crippen molar-refractivity contribution < 1.29 is 8.98 Å². The van der Waals surface area contributed by atoms with Crippen molar-refractivity contribution >= 4 is 18.1 Å². The molecule has 1 amide bonds. The molecule has 0 atom stereocenters. The maximum absolute atomic E-state index is 11.6. The van der Waals surface area contributed by atoms with E-state index in [4.69, 9.17) is 4.18 Å². The van der Waals surface area contributed by atoms with Gasteiger partial charge in [-0.15, -0.1) is 0 Å². The van der Waals surface area contributed by atoms with Crippen LogP contribution in [0, 0.1) is 6.92 Å². The summed E-state index contributed by atoms with van der Waals surface area (Å²) in [5.74, 6) is 0. The van der Waals surface area contributed by atoms with Crippen molar-refractivity contribution in [2.24, 2.45) is 0 Å². The first kappa shape index (κ1) is 17.9. The summed E-state index contributed by atoms with van der Waals surface area (Å²) in [7, 11) is 3.37. The van der Waals surface area contributed by atoms with Gasteiger partial charge < -0.3 is 9.08 Å². The van der Waals surface area contributed by atoms with Crippen molar-refractivity contribution in [1.29, 1.82) is 0 Å². The molecule has 0 bridgehead atoms. The van der Waals surface area contributed by atoms with Crippen LogP contribution in [-0.2, 0) is 9.60 Å². The molecule has 0 aliphatic carbocycles. The molecule has 0 saturated heterocycles. The summed E-state index contributed by atoms with van der Waals surface area (Å²) in [6.07, 6.45) is 3.18. The van der Waals surface area contributed by atoms with Crippen molar-refractivity contribution in [2.75, 3.05) is 14.1 Å². The molecule has 0 fully saturated rings. The number of hydrogen-bond acceptors (Lipinski definition) is 3. The molecule has 0 spiro atoms. The van der Waals surface area contributed by atoms with E-state index in [0.717, 1.165) is 23.4 Å². The Kier molecular flexibility index (Phi) is 6.59. The largest absolute Gasteiger partial charge is 0.421 e. The highest BCUT2D eigenvalue weighted by molar-refractivity contribution is 7.95. The second-order valence-electron chi connectivity index (χ2n) is 6.31. The SMILES string of the molecule is CCCCC(C)(C)c1cc(C)ccc1SOC(=O)N(C)C. The summed E-state index contributed by atoms with van der Waals surface area (Å²) < 4.78 is 5.27. The van der Waals surface area contributed by atoms with E-state index in [0.29, 0.717) is 0 Å².